The van der Waals surface area contributed by atoms with Crippen molar-refractivity contribution in [1.82, 2.24) is 24.6 Å². The van der Waals surface area contributed by atoms with E-state index in [9.17, 15) is 9.59 Å². The van der Waals surface area contributed by atoms with Crippen LogP contribution in [0.3, 0.4) is 0 Å². The van der Waals surface area contributed by atoms with Gasteiger partial charge in [-0.1, -0.05) is 0 Å². The van der Waals surface area contributed by atoms with Crippen molar-refractivity contribution in [3.8, 4) is 5.82 Å². The molecule has 108 valence electrons. The van der Waals surface area contributed by atoms with Gasteiger partial charge in [-0.15, -0.1) is 0 Å². The first-order chi connectivity index (χ1) is 10.2. The number of aliphatic carboxylic acids is 1. The van der Waals surface area contributed by atoms with E-state index in [1.165, 1.54) is 28.4 Å². The Labute approximate surface area is 120 Å². The Bertz CT molecular complexity index is 653. The van der Waals surface area contributed by atoms with E-state index in [0.717, 1.165) is 0 Å². The molecule has 0 unspecified atom stereocenters. The number of nitrogens with zero attached hydrogens (tertiary/aromatic N) is 5. The fourth-order valence-corrected chi connectivity index (χ4v) is 2.41. The summed E-state index contributed by atoms with van der Waals surface area (Å²) in [5.41, 5.74) is 0.368. The Hall–Kier alpha value is -2.77. The van der Waals surface area contributed by atoms with Crippen molar-refractivity contribution >= 4 is 11.9 Å². The number of pyridine rings is 1. The van der Waals surface area contributed by atoms with Gasteiger partial charge in [-0.25, -0.2) is 19.4 Å². The predicted octanol–water partition coefficient (Wildman–Crippen LogP) is 0.351. The Kier molecular flexibility index (Phi) is 3.35. The zero-order chi connectivity index (χ0) is 14.8. The second-order valence-electron chi connectivity index (χ2n) is 4.74. The van der Waals surface area contributed by atoms with Gasteiger partial charge in [0.2, 0.25) is 0 Å². The number of carbonyl (C=O) groups excluding carboxylic acids is 1. The van der Waals surface area contributed by atoms with Crippen molar-refractivity contribution in [2.45, 2.75) is 18.9 Å². The van der Waals surface area contributed by atoms with Crippen LogP contribution in [0.2, 0.25) is 0 Å². The molecule has 1 atom stereocenters. The molecule has 21 heavy (non-hydrogen) atoms. The number of carbonyl (C=O) groups is 2. The van der Waals surface area contributed by atoms with Crippen molar-refractivity contribution in [1.29, 1.82) is 0 Å². The first-order valence-electron chi connectivity index (χ1n) is 6.51. The molecule has 0 saturated carbocycles. The summed E-state index contributed by atoms with van der Waals surface area (Å²) < 4.78 is 1.48. The van der Waals surface area contributed by atoms with Crippen LogP contribution in [0.4, 0.5) is 0 Å². The van der Waals surface area contributed by atoms with Crippen LogP contribution in [0.25, 0.3) is 5.82 Å². The second-order valence-corrected chi connectivity index (χ2v) is 4.74. The maximum atomic E-state index is 12.3. The van der Waals surface area contributed by atoms with Crippen LogP contribution in [0.15, 0.2) is 31.0 Å². The molecule has 0 aliphatic carbocycles. The lowest BCUT2D eigenvalue weighted by molar-refractivity contribution is -0.141. The maximum absolute atomic E-state index is 12.3. The minimum absolute atomic E-state index is 0.308. The number of hydrogen-bond donors (Lipinski definition) is 1. The van der Waals surface area contributed by atoms with Gasteiger partial charge < -0.3 is 10.0 Å². The summed E-state index contributed by atoms with van der Waals surface area (Å²) in [6, 6.07) is 2.52. The minimum Gasteiger partial charge on any atom is -0.480 e. The van der Waals surface area contributed by atoms with Gasteiger partial charge >= 0.3 is 5.97 Å². The van der Waals surface area contributed by atoms with E-state index >= 15 is 0 Å². The lowest BCUT2D eigenvalue weighted by Crippen LogP contribution is -2.40. The Morgan fingerprint density at radius 3 is 2.81 bits per heavy atom. The summed E-state index contributed by atoms with van der Waals surface area (Å²) in [6.07, 6.45) is 5.52. The summed E-state index contributed by atoms with van der Waals surface area (Å²) in [5, 5.41) is 13.1. The molecular weight excluding hydrogens is 274 g/mol. The molecule has 1 fully saturated rings. The van der Waals surface area contributed by atoms with Crippen molar-refractivity contribution in [3.05, 3.63) is 36.5 Å². The number of likely N-dealkylation sites (tertiary alicyclic amines) is 1. The first-order valence-corrected chi connectivity index (χ1v) is 6.51. The van der Waals surface area contributed by atoms with Gasteiger partial charge in [0.15, 0.2) is 5.82 Å². The summed E-state index contributed by atoms with van der Waals surface area (Å²) in [4.78, 5) is 32.8. The zero-order valence-corrected chi connectivity index (χ0v) is 11.1. The highest BCUT2D eigenvalue weighted by Crippen LogP contribution is 2.20. The average Bonchev–Trinajstić information content (AvgIpc) is 3.18. The van der Waals surface area contributed by atoms with Gasteiger partial charge in [0.25, 0.3) is 5.91 Å². The standard InChI is InChI=1S/C13H13N5O3/c19-12(17-5-1-2-10(17)13(20)21)9-3-4-11(15-6-9)18-8-14-7-16-18/h3-4,6-8,10H,1-2,5H2,(H,20,21)/t10-/m1/s1. The molecule has 2 aromatic rings. The van der Waals surface area contributed by atoms with E-state index in [1.807, 2.05) is 0 Å². The van der Waals surface area contributed by atoms with Gasteiger partial charge in [-0.2, -0.15) is 5.10 Å². The Morgan fingerprint density at radius 2 is 2.19 bits per heavy atom. The number of aromatic nitrogens is 4. The third-order valence-electron chi connectivity index (χ3n) is 3.45. The molecule has 2 aromatic heterocycles. The average molecular weight is 287 g/mol. The van der Waals surface area contributed by atoms with Crippen LogP contribution in [0.5, 0.6) is 0 Å². The van der Waals surface area contributed by atoms with E-state index in [4.69, 9.17) is 5.11 Å². The monoisotopic (exact) mass is 287 g/mol. The van der Waals surface area contributed by atoms with Crippen molar-refractivity contribution in [2.24, 2.45) is 0 Å². The Morgan fingerprint density at radius 1 is 1.33 bits per heavy atom. The third kappa shape index (κ3) is 2.47. The molecule has 1 aliphatic heterocycles. The fourth-order valence-electron chi connectivity index (χ4n) is 2.41. The van der Waals surface area contributed by atoms with Crippen molar-refractivity contribution in [3.63, 3.8) is 0 Å². The van der Waals surface area contributed by atoms with Gasteiger partial charge in [-0.05, 0) is 25.0 Å². The van der Waals surface area contributed by atoms with Crippen LogP contribution in [0, 0.1) is 0 Å². The lowest BCUT2D eigenvalue weighted by Gasteiger charge is -2.21. The van der Waals surface area contributed by atoms with Crippen LogP contribution < -0.4 is 0 Å². The largest absolute Gasteiger partial charge is 0.480 e. The highest BCUT2D eigenvalue weighted by atomic mass is 16.4. The minimum atomic E-state index is -0.965. The zero-order valence-electron chi connectivity index (χ0n) is 11.1. The van der Waals surface area contributed by atoms with Gasteiger partial charge in [0.05, 0.1) is 5.56 Å². The molecule has 8 nitrogen and oxygen atoms in total. The Balaban J connectivity index is 1.80. The number of amides is 1. The lowest BCUT2D eigenvalue weighted by atomic mass is 10.2. The number of carboxylic acid groups (broad SMARTS) is 1. The van der Waals surface area contributed by atoms with Crippen LogP contribution in [-0.4, -0.2) is 54.2 Å². The van der Waals surface area contributed by atoms with E-state index in [-0.39, 0.29) is 5.91 Å². The first kappa shape index (κ1) is 13.2. The number of hydrogen-bond acceptors (Lipinski definition) is 5. The number of rotatable bonds is 3. The molecule has 1 amide bonds. The molecule has 0 spiro atoms. The van der Waals surface area contributed by atoms with E-state index in [0.29, 0.717) is 30.8 Å². The SMILES string of the molecule is O=C(O)[C@H]1CCCN1C(=O)c1ccc(-n2cncn2)nc1. The van der Waals surface area contributed by atoms with E-state index in [1.54, 1.807) is 12.1 Å². The van der Waals surface area contributed by atoms with Gasteiger partial charge in [0, 0.05) is 12.7 Å². The molecule has 1 N–H and O–H groups in total. The van der Waals surface area contributed by atoms with Crippen molar-refractivity contribution in [2.75, 3.05) is 6.54 Å². The molecule has 0 radical (unpaired) electrons. The molecular formula is C13H13N5O3. The fraction of sp³-hybridized carbons (Fsp3) is 0.308. The second kappa shape index (κ2) is 5.31. The molecule has 0 bridgehead atoms. The predicted molar refractivity (Wildman–Crippen MR) is 70.8 cm³/mol. The quantitative estimate of drug-likeness (QED) is 0.874. The normalized spacial score (nSPS) is 17.9. The molecule has 1 aliphatic rings. The summed E-state index contributed by atoms with van der Waals surface area (Å²) >= 11 is 0. The topological polar surface area (TPSA) is 101 Å². The van der Waals surface area contributed by atoms with E-state index in [2.05, 4.69) is 15.1 Å². The van der Waals surface area contributed by atoms with Crippen LogP contribution >= 0.6 is 0 Å². The molecule has 8 heteroatoms. The van der Waals surface area contributed by atoms with Crippen LogP contribution in [0.1, 0.15) is 23.2 Å². The smallest absolute Gasteiger partial charge is 0.326 e. The molecule has 3 heterocycles. The molecule has 1 saturated heterocycles. The van der Waals surface area contributed by atoms with E-state index < -0.39 is 12.0 Å². The van der Waals surface area contributed by atoms with Gasteiger partial charge in [0.1, 0.15) is 18.7 Å². The maximum Gasteiger partial charge on any atom is 0.326 e. The van der Waals surface area contributed by atoms with Gasteiger partial charge in [-0.3, -0.25) is 4.79 Å². The highest BCUT2D eigenvalue weighted by Gasteiger charge is 2.34. The highest BCUT2D eigenvalue weighted by molar-refractivity contribution is 5.96. The third-order valence-corrected chi connectivity index (χ3v) is 3.45. The van der Waals surface area contributed by atoms with Crippen LogP contribution in [-0.2, 0) is 4.79 Å². The molecule has 3 rings (SSSR count). The number of carboxylic acids is 1. The molecule has 0 aromatic carbocycles. The summed E-state index contributed by atoms with van der Waals surface area (Å²) in [6.45, 7) is 0.459. The van der Waals surface area contributed by atoms with Crippen molar-refractivity contribution < 1.29 is 14.7 Å². The summed E-state index contributed by atoms with van der Waals surface area (Å²) in [5.74, 6) is -0.731. The summed E-state index contributed by atoms with van der Waals surface area (Å²) in [7, 11) is 0.